The Balaban J connectivity index is 1.22. The van der Waals surface area contributed by atoms with E-state index in [-0.39, 0.29) is 0 Å². The molecule has 0 saturated heterocycles. The lowest BCUT2D eigenvalue weighted by Gasteiger charge is -2.26. The summed E-state index contributed by atoms with van der Waals surface area (Å²) in [6.45, 7) is 0. The number of hydrogen-bond donors (Lipinski definition) is 0. The third kappa shape index (κ3) is 4.17. The normalized spacial score (nSPS) is 11.8. The van der Waals surface area contributed by atoms with E-state index in [1.807, 2.05) is 23.5 Å². The highest BCUT2D eigenvalue weighted by Crippen LogP contribution is 2.44. The lowest BCUT2D eigenvalue weighted by Crippen LogP contribution is -2.09. The van der Waals surface area contributed by atoms with Crippen LogP contribution in [0.25, 0.3) is 74.8 Å². The van der Waals surface area contributed by atoms with E-state index in [0.29, 0.717) is 0 Å². The molecule has 8 aromatic carbocycles. The maximum Gasteiger partial charge on any atom is 0.137 e. The molecule has 2 aromatic heterocycles. The number of nitrogens with zero attached hydrogens (tertiary/aromatic N) is 1. The molecular formula is C44H27NOS. The fourth-order valence-electron chi connectivity index (χ4n) is 7.22. The van der Waals surface area contributed by atoms with Crippen LogP contribution < -0.4 is 4.90 Å². The fraction of sp³-hybridized carbons (Fsp3) is 0. The topological polar surface area (TPSA) is 16.4 Å². The van der Waals surface area contributed by atoms with E-state index >= 15 is 0 Å². The maximum atomic E-state index is 6.37. The molecule has 0 spiro atoms. The minimum atomic E-state index is 0.882. The SMILES string of the molecule is c1ccc(-c2ccc(N(c3ccc4c(c3)oc3ccccc34)c3ccc4ccc5ccc6sc7ccccc7c6c5c4c3)cc2)cc1. The van der Waals surface area contributed by atoms with Crippen molar-refractivity contribution in [2.75, 3.05) is 4.90 Å². The second-order valence-electron chi connectivity index (χ2n) is 12.1. The second-order valence-corrected chi connectivity index (χ2v) is 13.2. The number of para-hydroxylation sites is 1. The molecule has 0 amide bonds. The molecule has 0 atom stereocenters. The van der Waals surface area contributed by atoms with Gasteiger partial charge in [0.1, 0.15) is 11.2 Å². The van der Waals surface area contributed by atoms with E-state index in [9.17, 15) is 0 Å². The number of rotatable bonds is 4. The Morgan fingerprint density at radius 2 is 1.02 bits per heavy atom. The van der Waals surface area contributed by atoms with Crippen molar-refractivity contribution >= 4 is 92.1 Å². The molecule has 0 aliphatic carbocycles. The summed E-state index contributed by atoms with van der Waals surface area (Å²) < 4.78 is 9.02. The third-order valence-electron chi connectivity index (χ3n) is 9.44. The van der Waals surface area contributed by atoms with Crippen molar-refractivity contribution in [2.45, 2.75) is 0 Å². The number of furan rings is 1. The molecule has 10 rings (SSSR count). The summed E-state index contributed by atoms with van der Waals surface area (Å²) in [6.07, 6.45) is 0. The van der Waals surface area contributed by atoms with Crippen molar-refractivity contribution in [1.29, 1.82) is 0 Å². The Bertz CT molecular complexity index is 2790. The van der Waals surface area contributed by atoms with Crippen LogP contribution in [-0.4, -0.2) is 0 Å². The first-order valence-electron chi connectivity index (χ1n) is 15.9. The molecule has 0 N–H and O–H groups in total. The Morgan fingerprint density at radius 3 is 1.91 bits per heavy atom. The number of hydrogen-bond acceptors (Lipinski definition) is 3. The summed E-state index contributed by atoms with van der Waals surface area (Å²) in [5.41, 5.74) is 7.43. The van der Waals surface area contributed by atoms with Crippen molar-refractivity contribution < 1.29 is 4.42 Å². The summed E-state index contributed by atoms with van der Waals surface area (Å²) in [4.78, 5) is 2.35. The molecule has 2 heterocycles. The number of benzene rings is 8. The first-order valence-corrected chi connectivity index (χ1v) is 16.7. The Morgan fingerprint density at radius 1 is 0.383 bits per heavy atom. The third-order valence-corrected chi connectivity index (χ3v) is 10.6. The van der Waals surface area contributed by atoms with Crippen molar-refractivity contribution in [3.63, 3.8) is 0 Å². The lowest BCUT2D eigenvalue weighted by atomic mass is 9.97. The maximum absolute atomic E-state index is 6.37. The standard InChI is InChI=1S/C44H27NOS/c1-2-8-28(9-3-1)29-16-20-32(21-17-29)45(34-23-24-36-35-10-4-6-12-39(35)46-40(36)27-34)33-22-18-30-14-15-31-19-25-42-44(43(31)38(30)26-33)37-11-5-7-13-41(37)47-42/h1-27H. The Hall–Kier alpha value is -5.90. The zero-order valence-corrected chi connectivity index (χ0v) is 26.2. The molecule has 10 aromatic rings. The summed E-state index contributed by atoms with van der Waals surface area (Å²) in [6, 6.07) is 59.0. The van der Waals surface area contributed by atoms with Gasteiger partial charge in [-0.1, -0.05) is 103 Å². The van der Waals surface area contributed by atoms with Crippen LogP contribution in [0.15, 0.2) is 168 Å². The van der Waals surface area contributed by atoms with Crippen LogP contribution in [0.1, 0.15) is 0 Å². The van der Waals surface area contributed by atoms with Crippen LogP contribution in [0.5, 0.6) is 0 Å². The molecule has 0 radical (unpaired) electrons. The average molecular weight is 618 g/mol. The van der Waals surface area contributed by atoms with Gasteiger partial charge < -0.3 is 9.32 Å². The predicted molar refractivity (Wildman–Crippen MR) is 202 cm³/mol. The summed E-state index contributed by atoms with van der Waals surface area (Å²) in [7, 11) is 0. The number of fused-ring (bicyclic) bond motifs is 10. The van der Waals surface area contributed by atoms with Gasteiger partial charge in [0.25, 0.3) is 0 Å². The number of thiophene rings is 1. The highest BCUT2D eigenvalue weighted by Gasteiger charge is 2.18. The predicted octanol–water partition coefficient (Wildman–Crippen LogP) is 13.4. The van der Waals surface area contributed by atoms with E-state index < -0.39 is 0 Å². The molecule has 0 aliphatic rings. The molecule has 3 heteroatoms. The van der Waals surface area contributed by atoms with Crippen LogP contribution in [-0.2, 0) is 0 Å². The minimum Gasteiger partial charge on any atom is -0.456 e. The zero-order chi connectivity index (χ0) is 30.9. The minimum absolute atomic E-state index is 0.882. The highest BCUT2D eigenvalue weighted by molar-refractivity contribution is 7.26. The zero-order valence-electron chi connectivity index (χ0n) is 25.4. The summed E-state index contributed by atoms with van der Waals surface area (Å²) in [5, 5.41) is 9.98. The van der Waals surface area contributed by atoms with Crippen LogP contribution in [0.4, 0.5) is 17.1 Å². The van der Waals surface area contributed by atoms with Crippen molar-refractivity contribution in [3.05, 3.63) is 164 Å². The quantitative estimate of drug-likeness (QED) is 0.183. The van der Waals surface area contributed by atoms with E-state index in [1.165, 1.54) is 52.8 Å². The summed E-state index contributed by atoms with van der Waals surface area (Å²) in [5.74, 6) is 0. The smallest absolute Gasteiger partial charge is 0.137 e. The van der Waals surface area contributed by atoms with Gasteiger partial charge in [-0.15, -0.1) is 11.3 Å². The molecule has 2 nitrogen and oxygen atoms in total. The van der Waals surface area contributed by atoms with Crippen molar-refractivity contribution in [3.8, 4) is 11.1 Å². The van der Waals surface area contributed by atoms with Crippen molar-refractivity contribution in [2.24, 2.45) is 0 Å². The highest BCUT2D eigenvalue weighted by atomic mass is 32.1. The Kier molecular flexibility index (Phi) is 5.78. The van der Waals surface area contributed by atoms with Crippen LogP contribution in [0.2, 0.25) is 0 Å². The molecular weight excluding hydrogens is 591 g/mol. The van der Waals surface area contributed by atoms with E-state index in [0.717, 1.165) is 39.0 Å². The van der Waals surface area contributed by atoms with Gasteiger partial charge in [-0.2, -0.15) is 0 Å². The average Bonchev–Trinajstić information content (AvgIpc) is 3.70. The summed E-state index contributed by atoms with van der Waals surface area (Å²) >= 11 is 1.87. The molecule has 0 aliphatic heterocycles. The molecule has 47 heavy (non-hydrogen) atoms. The van der Waals surface area contributed by atoms with Crippen LogP contribution >= 0.6 is 11.3 Å². The molecule has 0 unspecified atom stereocenters. The molecule has 220 valence electrons. The van der Waals surface area contributed by atoms with Gasteiger partial charge in [0.05, 0.1) is 0 Å². The van der Waals surface area contributed by atoms with Crippen molar-refractivity contribution in [1.82, 2.24) is 0 Å². The van der Waals surface area contributed by atoms with Gasteiger partial charge in [0.15, 0.2) is 0 Å². The largest absolute Gasteiger partial charge is 0.456 e. The molecule has 0 fully saturated rings. The van der Waals surface area contributed by atoms with E-state index in [1.54, 1.807) is 0 Å². The van der Waals surface area contributed by atoms with Gasteiger partial charge in [0, 0.05) is 54.1 Å². The van der Waals surface area contributed by atoms with Gasteiger partial charge >= 0.3 is 0 Å². The van der Waals surface area contributed by atoms with Gasteiger partial charge in [-0.3, -0.25) is 0 Å². The van der Waals surface area contributed by atoms with E-state index in [2.05, 4.69) is 157 Å². The number of anilines is 3. The Labute approximate surface area is 275 Å². The van der Waals surface area contributed by atoms with Crippen LogP contribution in [0, 0.1) is 0 Å². The first-order chi connectivity index (χ1) is 23.3. The van der Waals surface area contributed by atoms with E-state index in [4.69, 9.17) is 4.42 Å². The van der Waals surface area contributed by atoms with Gasteiger partial charge in [-0.05, 0) is 87.3 Å². The monoisotopic (exact) mass is 617 g/mol. The van der Waals surface area contributed by atoms with Crippen LogP contribution in [0.3, 0.4) is 0 Å². The fourth-order valence-corrected chi connectivity index (χ4v) is 8.33. The van der Waals surface area contributed by atoms with Gasteiger partial charge in [-0.25, -0.2) is 0 Å². The molecule has 0 saturated carbocycles. The second kappa shape index (κ2) is 10.3. The van der Waals surface area contributed by atoms with Gasteiger partial charge in [0.2, 0.25) is 0 Å². The lowest BCUT2D eigenvalue weighted by molar-refractivity contribution is 0.669. The first kappa shape index (κ1) is 26.3. The molecule has 0 bridgehead atoms.